The lowest BCUT2D eigenvalue weighted by molar-refractivity contribution is -0.146. The summed E-state index contributed by atoms with van der Waals surface area (Å²) in [5, 5.41) is 17.4. The number of aliphatic hydroxyl groups excluding tert-OH is 1. The van der Waals surface area contributed by atoms with Gasteiger partial charge in [-0.1, -0.05) is 6.58 Å². The monoisotopic (exact) mass is 244 g/mol. The molecule has 0 aliphatic heterocycles. The van der Waals surface area contributed by atoms with Crippen molar-refractivity contribution in [1.82, 2.24) is 0 Å². The Bertz CT molecular complexity index is 332. The van der Waals surface area contributed by atoms with Crippen LogP contribution in [0.1, 0.15) is 0 Å². The molecule has 94 valence electrons. The van der Waals surface area contributed by atoms with E-state index >= 15 is 0 Å². The van der Waals surface area contributed by atoms with Crippen molar-refractivity contribution in [2.24, 2.45) is 0 Å². The van der Waals surface area contributed by atoms with E-state index in [1.807, 2.05) is 0 Å². The van der Waals surface area contributed by atoms with E-state index in [2.05, 4.69) is 16.1 Å². The Balaban J connectivity index is 3.80. The number of esters is 2. The largest absolute Gasteiger partial charge is 0.478 e. The van der Waals surface area contributed by atoms with E-state index in [4.69, 9.17) is 5.11 Å². The van der Waals surface area contributed by atoms with Crippen LogP contribution in [0.5, 0.6) is 0 Å². The van der Waals surface area contributed by atoms with Gasteiger partial charge in [0.2, 0.25) is 0 Å². The zero-order valence-corrected chi connectivity index (χ0v) is 8.87. The molecule has 0 bridgehead atoms. The molecule has 0 fully saturated rings. The molecule has 0 aromatic heterocycles. The number of carbonyl (C=O) groups is 3. The molecule has 0 aliphatic rings. The van der Waals surface area contributed by atoms with Crippen LogP contribution in [0.15, 0.2) is 24.8 Å². The lowest BCUT2D eigenvalue weighted by Crippen LogP contribution is -2.24. The van der Waals surface area contributed by atoms with Crippen LogP contribution in [0, 0.1) is 0 Å². The molecule has 0 rings (SSSR count). The van der Waals surface area contributed by atoms with Gasteiger partial charge in [0, 0.05) is 18.2 Å². The van der Waals surface area contributed by atoms with E-state index in [1.54, 1.807) is 0 Å². The molecule has 0 aromatic carbocycles. The summed E-state index contributed by atoms with van der Waals surface area (Å²) in [6.45, 7) is 2.39. The molecule has 2 N–H and O–H groups in total. The standard InChI is InChI=1S/C10H12O7/c1-2-9(14)16-5-7(11)6-17-10(15)4-3-8(12)13/h2-4,7,11H,1,5-6H2,(H,12,13)/b4-3-. The van der Waals surface area contributed by atoms with Gasteiger partial charge in [-0.05, 0) is 0 Å². The van der Waals surface area contributed by atoms with Crippen LogP contribution in [-0.2, 0) is 23.9 Å². The van der Waals surface area contributed by atoms with E-state index in [-0.39, 0.29) is 6.61 Å². The van der Waals surface area contributed by atoms with Gasteiger partial charge in [-0.15, -0.1) is 0 Å². The molecular formula is C10H12O7. The molecule has 0 aromatic rings. The van der Waals surface area contributed by atoms with Gasteiger partial charge in [-0.25, -0.2) is 14.4 Å². The molecule has 0 amide bonds. The third-order valence-corrected chi connectivity index (χ3v) is 1.36. The Morgan fingerprint density at radius 1 is 1.12 bits per heavy atom. The van der Waals surface area contributed by atoms with Crippen LogP contribution < -0.4 is 0 Å². The SMILES string of the molecule is C=CC(=O)OCC(O)COC(=O)/C=C\C(=O)O. The fraction of sp³-hybridized carbons (Fsp3) is 0.300. The van der Waals surface area contributed by atoms with Crippen molar-refractivity contribution in [1.29, 1.82) is 0 Å². The van der Waals surface area contributed by atoms with Gasteiger partial charge >= 0.3 is 17.9 Å². The minimum atomic E-state index is -1.29. The second-order valence-electron chi connectivity index (χ2n) is 2.79. The number of aliphatic hydroxyl groups is 1. The van der Waals surface area contributed by atoms with E-state index in [0.717, 1.165) is 6.08 Å². The number of carboxylic acids is 1. The van der Waals surface area contributed by atoms with Crippen LogP contribution in [0.4, 0.5) is 0 Å². The van der Waals surface area contributed by atoms with Gasteiger partial charge in [-0.2, -0.15) is 0 Å². The average Bonchev–Trinajstić information content (AvgIpc) is 2.30. The van der Waals surface area contributed by atoms with Gasteiger partial charge in [0.05, 0.1) is 0 Å². The number of aliphatic carboxylic acids is 1. The molecule has 0 heterocycles. The smallest absolute Gasteiger partial charge is 0.331 e. The molecule has 0 saturated carbocycles. The van der Waals surface area contributed by atoms with Crippen molar-refractivity contribution in [3.05, 3.63) is 24.8 Å². The summed E-state index contributed by atoms with van der Waals surface area (Å²) < 4.78 is 8.94. The minimum Gasteiger partial charge on any atom is -0.478 e. The lowest BCUT2D eigenvalue weighted by Gasteiger charge is -2.09. The molecule has 0 spiro atoms. The summed E-state index contributed by atoms with van der Waals surface area (Å²) in [6.07, 6.45) is 1.05. The third-order valence-electron chi connectivity index (χ3n) is 1.36. The maximum atomic E-state index is 10.8. The summed E-state index contributed by atoms with van der Waals surface area (Å²) >= 11 is 0. The zero-order chi connectivity index (χ0) is 13.3. The number of hydrogen-bond donors (Lipinski definition) is 2. The van der Waals surface area contributed by atoms with Crippen LogP contribution in [0.25, 0.3) is 0 Å². The second-order valence-corrected chi connectivity index (χ2v) is 2.79. The number of hydrogen-bond acceptors (Lipinski definition) is 6. The Hall–Kier alpha value is -2.15. The molecule has 0 aliphatic carbocycles. The Kier molecular flexibility index (Phi) is 7.04. The minimum absolute atomic E-state index is 0.346. The average molecular weight is 244 g/mol. The van der Waals surface area contributed by atoms with Crippen LogP contribution in [0.3, 0.4) is 0 Å². The fourth-order valence-corrected chi connectivity index (χ4v) is 0.651. The van der Waals surface area contributed by atoms with Crippen LogP contribution >= 0.6 is 0 Å². The lowest BCUT2D eigenvalue weighted by atomic mass is 10.4. The second kappa shape index (κ2) is 8.05. The summed E-state index contributed by atoms with van der Waals surface area (Å²) in [7, 11) is 0. The van der Waals surface area contributed by atoms with Gasteiger partial charge in [0.15, 0.2) is 0 Å². The van der Waals surface area contributed by atoms with Gasteiger partial charge < -0.3 is 19.7 Å². The molecule has 0 radical (unpaired) electrons. The van der Waals surface area contributed by atoms with E-state index < -0.39 is 30.6 Å². The maximum Gasteiger partial charge on any atom is 0.331 e. The van der Waals surface area contributed by atoms with Crippen LogP contribution in [-0.4, -0.2) is 47.4 Å². The summed E-state index contributed by atoms with van der Waals surface area (Å²) in [5.74, 6) is -2.91. The van der Waals surface area contributed by atoms with E-state index in [1.165, 1.54) is 0 Å². The maximum absolute atomic E-state index is 10.8. The molecular weight excluding hydrogens is 232 g/mol. The summed E-state index contributed by atoms with van der Waals surface area (Å²) in [5.41, 5.74) is 0. The molecule has 17 heavy (non-hydrogen) atoms. The highest BCUT2D eigenvalue weighted by molar-refractivity contribution is 5.90. The van der Waals surface area contributed by atoms with Crippen LogP contribution in [0.2, 0.25) is 0 Å². The number of rotatable bonds is 7. The molecule has 7 heteroatoms. The molecule has 1 unspecified atom stereocenters. The Morgan fingerprint density at radius 3 is 2.12 bits per heavy atom. The predicted molar refractivity (Wildman–Crippen MR) is 54.9 cm³/mol. The molecule has 7 nitrogen and oxygen atoms in total. The van der Waals surface area contributed by atoms with E-state index in [0.29, 0.717) is 12.2 Å². The number of carboxylic acid groups (broad SMARTS) is 1. The van der Waals surface area contributed by atoms with Crippen molar-refractivity contribution in [3.8, 4) is 0 Å². The van der Waals surface area contributed by atoms with Crippen molar-refractivity contribution >= 4 is 17.9 Å². The highest BCUT2D eigenvalue weighted by atomic mass is 16.6. The van der Waals surface area contributed by atoms with Gasteiger partial charge in [0.25, 0.3) is 0 Å². The first-order valence-electron chi connectivity index (χ1n) is 4.50. The Morgan fingerprint density at radius 2 is 1.65 bits per heavy atom. The highest BCUT2D eigenvalue weighted by Crippen LogP contribution is 1.91. The zero-order valence-electron chi connectivity index (χ0n) is 8.87. The van der Waals surface area contributed by atoms with Crippen molar-refractivity contribution in [2.45, 2.75) is 6.10 Å². The number of carbonyl (C=O) groups excluding carboxylic acids is 2. The quantitative estimate of drug-likeness (QED) is 0.448. The first-order chi connectivity index (χ1) is 7.95. The third kappa shape index (κ3) is 8.82. The van der Waals surface area contributed by atoms with Crippen molar-refractivity contribution < 1.29 is 34.1 Å². The molecule has 1 atom stereocenters. The molecule has 0 saturated heterocycles. The van der Waals surface area contributed by atoms with Crippen molar-refractivity contribution in [2.75, 3.05) is 13.2 Å². The normalized spacial score (nSPS) is 11.8. The van der Waals surface area contributed by atoms with E-state index in [9.17, 15) is 19.5 Å². The first-order valence-corrected chi connectivity index (χ1v) is 4.50. The predicted octanol–water partition coefficient (Wildman–Crippen LogP) is -0.740. The summed E-state index contributed by atoms with van der Waals surface area (Å²) in [6, 6.07) is 0. The van der Waals surface area contributed by atoms with Crippen molar-refractivity contribution in [3.63, 3.8) is 0 Å². The highest BCUT2D eigenvalue weighted by Gasteiger charge is 2.09. The number of ether oxygens (including phenoxy) is 2. The Labute approximate surface area is 96.9 Å². The van der Waals surface area contributed by atoms with Gasteiger partial charge in [-0.3, -0.25) is 0 Å². The topological polar surface area (TPSA) is 110 Å². The fourth-order valence-electron chi connectivity index (χ4n) is 0.651. The summed E-state index contributed by atoms with van der Waals surface area (Å²) in [4.78, 5) is 31.5. The first kappa shape index (κ1) is 14.8. The van der Waals surface area contributed by atoms with Gasteiger partial charge in [0.1, 0.15) is 19.3 Å².